The predicted molar refractivity (Wildman–Crippen MR) is 106 cm³/mol. The van der Waals surface area contributed by atoms with Gasteiger partial charge in [-0.1, -0.05) is 97.6 Å². The van der Waals surface area contributed by atoms with Crippen molar-refractivity contribution < 1.29 is 0 Å². The molecule has 0 atom stereocenters. The maximum absolute atomic E-state index is 3.83. The van der Waals surface area contributed by atoms with Crippen LogP contribution in [0.4, 0.5) is 0 Å². The molecule has 0 aromatic heterocycles. The summed E-state index contributed by atoms with van der Waals surface area (Å²) in [7, 11) is -0.498. The summed E-state index contributed by atoms with van der Waals surface area (Å²) in [4.78, 5) is 0. The lowest BCUT2D eigenvalue weighted by atomic mass is 10.2. The fourth-order valence-corrected chi connectivity index (χ4v) is 4.64. The largest absolute Gasteiger partial charge is 0.114 e. The third-order valence-electron chi connectivity index (χ3n) is 3.42. The van der Waals surface area contributed by atoms with E-state index in [2.05, 4.69) is 91.5 Å². The van der Waals surface area contributed by atoms with Gasteiger partial charge >= 0.3 is 0 Å². The van der Waals surface area contributed by atoms with Crippen LogP contribution in [-0.4, -0.2) is 0 Å². The summed E-state index contributed by atoms with van der Waals surface area (Å²) >= 11 is 0. The lowest BCUT2D eigenvalue weighted by Crippen LogP contribution is -2.20. The average molecular weight is 369 g/mol. The van der Waals surface area contributed by atoms with E-state index in [1.54, 1.807) is 0 Å². The lowest BCUT2D eigenvalue weighted by molar-refractivity contribution is 1.70. The van der Waals surface area contributed by atoms with Crippen LogP contribution in [-0.2, 0) is 0 Å². The van der Waals surface area contributed by atoms with Crippen LogP contribution in [0.3, 0.4) is 0 Å². The van der Waals surface area contributed by atoms with Crippen LogP contribution in [0.15, 0.2) is 91.5 Å². The van der Waals surface area contributed by atoms with Gasteiger partial charge in [0.1, 0.15) is 0 Å². The zero-order chi connectivity index (χ0) is 14.5. The number of halogens is 1. The van der Waals surface area contributed by atoms with Crippen molar-refractivity contribution >= 4 is 46.9 Å². The molecule has 0 heterocycles. The van der Waals surface area contributed by atoms with E-state index >= 15 is 0 Å². The topological polar surface area (TPSA) is 0 Å². The van der Waals surface area contributed by atoms with Crippen LogP contribution in [0.5, 0.6) is 0 Å². The molecular formula is C20H18BrP. The van der Waals surface area contributed by atoms with Gasteiger partial charge in [-0.2, -0.15) is 0 Å². The van der Waals surface area contributed by atoms with Crippen molar-refractivity contribution in [2.45, 2.75) is 0 Å². The molecule has 0 nitrogen and oxygen atoms in total. The van der Waals surface area contributed by atoms with Gasteiger partial charge in [0, 0.05) is 0 Å². The minimum absolute atomic E-state index is 0. The van der Waals surface area contributed by atoms with E-state index in [-0.39, 0.29) is 17.0 Å². The Morgan fingerprint density at radius 1 is 0.591 bits per heavy atom. The lowest BCUT2D eigenvalue weighted by Gasteiger charge is -2.19. The molecule has 0 bridgehead atoms. The fraction of sp³-hybridized carbons (Fsp3) is 0. The Morgan fingerprint density at radius 3 is 1.41 bits per heavy atom. The molecule has 3 aromatic rings. The molecule has 110 valence electrons. The summed E-state index contributed by atoms with van der Waals surface area (Å²) in [5.74, 6) is 0. The van der Waals surface area contributed by atoms with E-state index in [0.717, 1.165) is 5.56 Å². The molecule has 0 unspecified atom stereocenters. The SMILES string of the molecule is Br.C=Cc1ccc(P(c2ccccc2)c2ccccc2)cc1. The van der Waals surface area contributed by atoms with E-state index in [9.17, 15) is 0 Å². The summed E-state index contributed by atoms with van der Waals surface area (Å²) in [6.07, 6.45) is 1.89. The maximum Gasteiger partial charge on any atom is -0.0134 e. The molecule has 0 aliphatic carbocycles. The minimum atomic E-state index is -0.498. The van der Waals surface area contributed by atoms with Gasteiger partial charge in [-0.25, -0.2) is 0 Å². The van der Waals surface area contributed by atoms with E-state index in [4.69, 9.17) is 0 Å². The molecule has 0 fully saturated rings. The highest BCUT2D eigenvalue weighted by molar-refractivity contribution is 8.93. The first-order chi connectivity index (χ1) is 10.4. The van der Waals surface area contributed by atoms with Gasteiger partial charge in [-0.15, -0.1) is 17.0 Å². The molecule has 0 aliphatic heterocycles. The molecule has 0 amide bonds. The summed E-state index contributed by atoms with van der Waals surface area (Å²) < 4.78 is 0. The van der Waals surface area contributed by atoms with E-state index in [1.165, 1.54) is 15.9 Å². The van der Waals surface area contributed by atoms with E-state index < -0.39 is 7.92 Å². The normalized spacial score (nSPS) is 10.0. The highest BCUT2D eigenvalue weighted by atomic mass is 79.9. The maximum atomic E-state index is 3.83. The number of benzene rings is 3. The van der Waals surface area contributed by atoms with E-state index in [1.807, 2.05) is 6.08 Å². The van der Waals surface area contributed by atoms with Gasteiger partial charge in [-0.05, 0) is 29.4 Å². The van der Waals surface area contributed by atoms with Gasteiger partial charge in [0.05, 0.1) is 0 Å². The molecule has 0 saturated heterocycles. The third-order valence-corrected chi connectivity index (χ3v) is 5.86. The Kier molecular flexibility index (Phi) is 6.12. The van der Waals surface area contributed by atoms with Crippen LogP contribution < -0.4 is 15.9 Å². The third kappa shape index (κ3) is 3.74. The Labute approximate surface area is 144 Å². The Hall–Kier alpha value is -1.69. The van der Waals surface area contributed by atoms with Crippen LogP contribution in [0.1, 0.15) is 5.56 Å². The molecular weight excluding hydrogens is 351 g/mol. The number of hydrogen-bond donors (Lipinski definition) is 0. The highest BCUT2D eigenvalue weighted by Gasteiger charge is 2.15. The first kappa shape index (κ1) is 16.7. The van der Waals surface area contributed by atoms with Crippen molar-refractivity contribution in [1.29, 1.82) is 0 Å². The van der Waals surface area contributed by atoms with Gasteiger partial charge < -0.3 is 0 Å². The molecule has 2 heteroatoms. The summed E-state index contributed by atoms with van der Waals surface area (Å²) in [5, 5.41) is 4.13. The van der Waals surface area contributed by atoms with Gasteiger partial charge in [0.15, 0.2) is 0 Å². The molecule has 3 aromatic carbocycles. The fourth-order valence-electron chi connectivity index (χ4n) is 2.36. The molecule has 0 spiro atoms. The zero-order valence-corrected chi connectivity index (χ0v) is 14.8. The van der Waals surface area contributed by atoms with Crippen LogP contribution in [0, 0.1) is 0 Å². The molecule has 3 rings (SSSR count). The zero-order valence-electron chi connectivity index (χ0n) is 12.2. The molecule has 0 aliphatic rings. The molecule has 0 N–H and O–H groups in total. The first-order valence-corrected chi connectivity index (χ1v) is 8.35. The van der Waals surface area contributed by atoms with Crippen molar-refractivity contribution in [1.82, 2.24) is 0 Å². The standard InChI is InChI=1S/C20H17P.BrH/c1-2-17-13-15-20(16-14-17)21(18-9-5-3-6-10-18)19-11-7-4-8-12-19;/h2-16H,1H2;1H. The Balaban J connectivity index is 0.00000176. The highest BCUT2D eigenvalue weighted by Crippen LogP contribution is 2.32. The van der Waals surface area contributed by atoms with Crippen LogP contribution in [0.2, 0.25) is 0 Å². The van der Waals surface area contributed by atoms with Gasteiger partial charge in [0.25, 0.3) is 0 Å². The number of rotatable bonds is 4. The second kappa shape index (κ2) is 8.08. The average Bonchev–Trinajstić information content (AvgIpc) is 2.58. The first-order valence-electron chi connectivity index (χ1n) is 7.01. The van der Waals surface area contributed by atoms with Gasteiger partial charge in [0.2, 0.25) is 0 Å². The Morgan fingerprint density at radius 2 is 1.00 bits per heavy atom. The predicted octanol–water partition coefficient (Wildman–Crippen LogP) is 4.67. The second-order valence-electron chi connectivity index (χ2n) is 4.80. The summed E-state index contributed by atoms with van der Waals surface area (Å²) in [5.41, 5.74) is 1.16. The van der Waals surface area contributed by atoms with Crippen molar-refractivity contribution in [3.8, 4) is 0 Å². The Bertz CT molecular complexity index is 666. The van der Waals surface area contributed by atoms with Crippen molar-refractivity contribution in [2.75, 3.05) is 0 Å². The van der Waals surface area contributed by atoms with Crippen molar-refractivity contribution in [2.24, 2.45) is 0 Å². The monoisotopic (exact) mass is 368 g/mol. The summed E-state index contributed by atoms with van der Waals surface area (Å²) in [6, 6.07) is 30.2. The minimum Gasteiger partial charge on any atom is -0.114 e. The van der Waals surface area contributed by atoms with E-state index in [0.29, 0.717) is 0 Å². The van der Waals surface area contributed by atoms with Gasteiger partial charge in [-0.3, -0.25) is 0 Å². The molecule has 0 radical (unpaired) electrons. The number of hydrogen-bond acceptors (Lipinski definition) is 0. The van der Waals surface area contributed by atoms with Crippen LogP contribution in [0.25, 0.3) is 6.08 Å². The smallest absolute Gasteiger partial charge is 0.0134 e. The summed E-state index contributed by atoms with van der Waals surface area (Å²) in [6.45, 7) is 3.83. The molecule has 0 saturated carbocycles. The molecule has 22 heavy (non-hydrogen) atoms. The second-order valence-corrected chi connectivity index (χ2v) is 7.02. The van der Waals surface area contributed by atoms with Crippen molar-refractivity contribution in [3.63, 3.8) is 0 Å². The van der Waals surface area contributed by atoms with Crippen molar-refractivity contribution in [3.05, 3.63) is 97.1 Å². The quantitative estimate of drug-likeness (QED) is 0.587. The van der Waals surface area contributed by atoms with Crippen LogP contribution >= 0.6 is 24.9 Å².